The number of imide groups is 1. The molecule has 5 nitrogen and oxygen atoms in total. The molecule has 3 aliphatic rings. The molecule has 0 aromatic heterocycles. The van der Waals surface area contributed by atoms with Crippen molar-refractivity contribution >= 4 is 38.6 Å². The first-order valence-corrected chi connectivity index (χ1v) is 14.9. The van der Waals surface area contributed by atoms with Crippen LogP contribution in [0.25, 0.3) is 0 Å². The molecule has 2 aliphatic carbocycles. The molecular formula is C17H26N2O3Se2. The van der Waals surface area contributed by atoms with Crippen molar-refractivity contribution in [1.82, 2.24) is 8.82 Å². The van der Waals surface area contributed by atoms with Crippen LogP contribution in [0.2, 0.25) is 0 Å². The Hall–Kier alpha value is -0.481. The number of rotatable bonds is 3. The number of carbonyl (C=O) groups is 2. The third-order valence-corrected chi connectivity index (χ3v) is 14.9. The molecular weight excluding hydrogens is 438 g/mol. The SMILES string of the molecule is C=CCOC(=O)N(C(=O)N1[Se][Se]C12CCCCC2)C1CCCCC1. The van der Waals surface area contributed by atoms with Gasteiger partial charge in [0.25, 0.3) is 0 Å². The summed E-state index contributed by atoms with van der Waals surface area (Å²) in [4.78, 5) is 27.3. The van der Waals surface area contributed by atoms with E-state index in [2.05, 4.69) is 10.5 Å². The topological polar surface area (TPSA) is 49.9 Å². The van der Waals surface area contributed by atoms with Crippen molar-refractivity contribution in [3.63, 3.8) is 0 Å². The molecule has 1 spiro atoms. The van der Waals surface area contributed by atoms with Crippen LogP contribution in [0.5, 0.6) is 0 Å². The maximum absolute atomic E-state index is 13.3. The predicted molar refractivity (Wildman–Crippen MR) is 94.8 cm³/mol. The molecule has 7 heteroatoms. The molecule has 1 aliphatic heterocycles. The third kappa shape index (κ3) is 3.69. The van der Waals surface area contributed by atoms with Crippen molar-refractivity contribution in [2.24, 2.45) is 0 Å². The molecule has 3 fully saturated rings. The summed E-state index contributed by atoms with van der Waals surface area (Å²) in [5.74, 6) is 0. The van der Waals surface area contributed by atoms with E-state index in [9.17, 15) is 9.59 Å². The zero-order chi connectivity index (χ0) is 17.0. The first-order chi connectivity index (χ1) is 11.7. The van der Waals surface area contributed by atoms with Crippen LogP contribution in [-0.4, -0.2) is 64.5 Å². The van der Waals surface area contributed by atoms with E-state index in [1.165, 1.54) is 30.6 Å². The molecule has 3 amide bonds. The molecule has 0 atom stereocenters. The zero-order valence-corrected chi connectivity index (χ0v) is 17.5. The molecule has 0 aromatic rings. The number of amides is 3. The van der Waals surface area contributed by atoms with Gasteiger partial charge < -0.3 is 0 Å². The number of hydrogen-bond donors (Lipinski definition) is 0. The van der Waals surface area contributed by atoms with E-state index in [4.69, 9.17) is 4.74 Å². The van der Waals surface area contributed by atoms with Crippen LogP contribution in [0.3, 0.4) is 0 Å². The van der Waals surface area contributed by atoms with Crippen LogP contribution in [0, 0.1) is 0 Å². The molecule has 1 heterocycles. The van der Waals surface area contributed by atoms with Crippen molar-refractivity contribution in [3.8, 4) is 0 Å². The summed E-state index contributed by atoms with van der Waals surface area (Å²) in [5.41, 5.74) is 0. The van der Waals surface area contributed by atoms with Crippen LogP contribution >= 0.6 is 0 Å². The fraction of sp³-hybridized carbons (Fsp3) is 0.765. The predicted octanol–water partition coefficient (Wildman–Crippen LogP) is 3.28. The number of ether oxygens (including phenoxy) is 1. The van der Waals surface area contributed by atoms with E-state index >= 15 is 0 Å². The standard InChI is InChI=1S/C17H26N2O3Se2/c1-2-13-22-16(21)18(14-9-5-3-6-10-14)15(20)19-17(23-24-19)11-7-4-8-12-17/h2,14H,1,3-13H2. The van der Waals surface area contributed by atoms with Gasteiger partial charge in [-0.1, -0.05) is 0 Å². The van der Waals surface area contributed by atoms with Gasteiger partial charge in [-0.15, -0.1) is 0 Å². The summed E-state index contributed by atoms with van der Waals surface area (Å²) < 4.78 is 7.42. The Kier molecular flexibility index (Phi) is 6.31. The Morgan fingerprint density at radius 1 is 1.17 bits per heavy atom. The number of nitrogens with zero attached hydrogens (tertiary/aromatic N) is 2. The maximum atomic E-state index is 13.3. The van der Waals surface area contributed by atoms with Gasteiger partial charge in [0, 0.05) is 0 Å². The van der Waals surface area contributed by atoms with Gasteiger partial charge in [-0.25, -0.2) is 0 Å². The number of hydrogen-bond acceptors (Lipinski definition) is 3. The average molecular weight is 464 g/mol. The number of carbonyl (C=O) groups excluding carboxylic acids is 2. The van der Waals surface area contributed by atoms with E-state index < -0.39 is 6.09 Å². The minimum atomic E-state index is -0.479. The zero-order valence-electron chi connectivity index (χ0n) is 14.1. The van der Waals surface area contributed by atoms with Gasteiger partial charge in [-0.2, -0.15) is 0 Å². The molecule has 24 heavy (non-hydrogen) atoms. The van der Waals surface area contributed by atoms with E-state index in [1.807, 2.05) is 0 Å². The molecule has 2 saturated carbocycles. The van der Waals surface area contributed by atoms with Crippen LogP contribution in [0.1, 0.15) is 64.2 Å². The van der Waals surface area contributed by atoms with Crippen LogP contribution < -0.4 is 0 Å². The fourth-order valence-electron chi connectivity index (χ4n) is 3.80. The van der Waals surface area contributed by atoms with Crippen molar-refractivity contribution in [2.75, 3.05) is 6.61 Å². The Morgan fingerprint density at radius 3 is 2.42 bits per heavy atom. The first-order valence-electron chi connectivity index (χ1n) is 8.95. The molecule has 1 saturated heterocycles. The van der Waals surface area contributed by atoms with Crippen molar-refractivity contribution < 1.29 is 14.3 Å². The van der Waals surface area contributed by atoms with Gasteiger partial charge in [0.1, 0.15) is 0 Å². The molecule has 134 valence electrons. The fourth-order valence-corrected chi connectivity index (χ4v) is 12.8. The Balaban J connectivity index is 1.74. The van der Waals surface area contributed by atoms with E-state index in [0.717, 1.165) is 38.5 Å². The Bertz CT molecular complexity index is 488. The summed E-state index contributed by atoms with van der Waals surface area (Å²) in [7, 11) is 0. The van der Waals surface area contributed by atoms with Gasteiger partial charge in [-0.05, 0) is 0 Å². The van der Waals surface area contributed by atoms with Crippen molar-refractivity contribution in [1.29, 1.82) is 0 Å². The summed E-state index contributed by atoms with van der Waals surface area (Å²) in [5, 5.41) is 0. The molecule has 0 bridgehead atoms. The summed E-state index contributed by atoms with van der Waals surface area (Å²) in [6.07, 6.45) is 12.2. The van der Waals surface area contributed by atoms with Gasteiger partial charge in [-0.3, -0.25) is 0 Å². The molecule has 0 aromatic carbocycles. The van der Waals surface area contributed by atoms with Gasteiger partial charge in [0.15, 0.2) is 0 Å². The first kappa shape index (κ1) is 18.3. The average Bonchev–Trinajstić information content (AvgIpc) is 2.61. The van der Waals surface area contributed by atoms with E-state index in [-0.39, 0.29) is 36.5 Å². The van der Waals surface area contributed by atoms with Crippen LogP contribution in [0.15, 0.2) is 12.7 Å². The summed E-state index contributed by atoms with van der Waals surface area (Å²) >= 11 is 0.798. The Morgan fingerprint density at radius 2 is 1.83 bits per heavy atom. The van der Waals surface area contributed by atoms with E-state index in [1.54, 1.807) is 6.08 Å². The van der Waals surface area contributed by atoms with Crippen LogP contribution in [0.4, 0.5) is 9.59 Å². The second kappa shape index (κ2) is 8.27. The van der Waals surface area contributed by atoms with Crippen molar-refractivity contribution in [2.45, 2.75) is 74.7 Å². The Labute approximate surface area is 155 Å². The summed E-state index contributed by atoms with van der Waals surface area (Å²) in [6.45, 7) is 3.76. The van der Waals surface area contributed by atoms with Gasteiger partial charge >= 0.3 is 156 Å². The second-order valence-electron chi connectivity index (χ2n) is 6.77. The van der Waals surface area contributed by atoms with E-state index in [0.29, 0.717) is 13.1 Å². The van der Waals surface area contributed by atoms with Gasteiger partial charge in [0.2, 0.25) is 0 Å². The normalized spacial score (nSPS) is 23.4. The molecule has 0 unspecified atom stereocenters. The van der Waals surface area contributed by atoms with Crippen molar-refractivity contribution in [3.05, 3.63) is 12.7 Å². The monoisotopic (exact) mass is 466 g/mol. The van der Waals surface area contributed by atoms with Gasteiger partial charge in [0.05, 0.1) is 0 Å². The third-order valence-electron chi connectivity index (χ3n) is 5.11. The molecule has 0 N–H and O–H groups in total. The van der Waals surface area contributed by atoms with Crippen LogP contribution in [-0.2, 0) is 4.74 Å². The molecule has 3 rings (SSSR count). The second-order valence-corrected chi connectivity index (χ2v) is 13.2. The quantitative estimate of drug-likeness (QED) is 0.476. The molecule has 0 radical (unpaired) electrons. The number of urea groups is 1. The summed E-state index contributed by atoms with van der Waals surface area (Å²) in [6, 6.07) is -0.0703. The minimum absolute atomic E-state index is 0.00751.